The van der Waals surface area contributed by atoms with Gasteiger partial charge in [0.15, 0.2) is 11.5 Å². The van der Waals surface area contributed by atoms with E-state index in [1.54, 1.807) is 45.9 Å². The Balaban J connectivity index is 1.79. The van der Waals surface area contributed by atoms with Crippen LogP contribution in [0.2, 0.25) is 10.0 Å². The minimum absolute atomic E-state index is 0.0144. The summed E-state index contributed by atoms with van der Waals surface area (Å²) < 4.78 is 12.1. The Morgan fingerprint density at radius 2 is 1.57 bits per heavy atom. The van der Waals surface area contributed by atoms with Gasteiger partial charge in [-0.2, -0.15) is 0 Å². The van der Waals surface area contributed by atoms with E-state index in [0.717, 1.165) is 15.7 Å². The molecule has 0 atom stereocenters. The third-order valence-corrected chi connectivity index (χ3v) is 6.57. The highest BCUT2D eigenvalue weighted by Gasteiger charge is 2.31. The molecular formula is C31H30Cl2N2O5. The highest BCUT2D eigenvalue weighted by atomic mass is 35.5. The summed E-state index contributed by atoms with van der Waals surface area (Å²) in [6.45, 7) is 7.19. The number of carbonyl (C=O) groups is 3. The predicted molar refractivity (Wildman–Crippen MR) is 158 cm³/mol. The Kier molecular flexibility index (Phi) is 8.86. The molecule has 1 aromatic heterocycles. The lowest BCUT2D eigenvalue weighted by Gasteiger charge is -2.21. The zero-order valence-electron chi connectivity index (χ0n) is 22.7. The molecule has 9 heteroatoms. The van der Waals surface area contributed by atoms with Crippen molar-refractivity contribution in [3.8, 4) is 0 Å². The van der Waals surface area contributed by atoms with Crippen molar-refractivity contribution in [2.45, 2.75) is 46.3 Å². The average Bonchev–Trinajstić information content (AvgIpc) is 3.22. The first kappa shape index (κ1) is 29.2. The largest absolute Gasteiger partial charge is 0.461 e. The topological polar surface area (TPSA) is 86.6 Å². The smallest absolute Gasteiger partial charge is 0.419 e. The van der Waals surface area contributed by atoms with Gasteiger partial charge in [0.1, 0.15) is 5.60 Å². The first-order valence-electron chi connectivity index (χ1n) is 12.8. The monoisotopic (exact) mass is 580 g/mol. The number of ketones is 1. The van der Waals surface area contributed by atoms with E-state index in [1.807, 2.05) is 42.5 Å². The summed E-state index contributed by atoms with van der Waals surface area (Å²) in [6.07, 6.45) is -0.580. The lowest BCUT2D eigenvalue weighted by Crippen LogP contribution is -2.29. The van der Waals surface area contributed by atoms with Gasteiger partial charge in [0.2, 0.25) is 0 Å². The third kappa shape index (κ3) is 6.49. The molecule has 0 radical (unpaired) electrons. The highest BCUT2D eigenvalue weighted by Crippen LogP contribution is 2.39. The van der Waals surface area contributed by atoms with E-state index in [0.29, 0.717) is 22.2 Å². The molecule has 0 aliphatic carbocycles. The number of nitrogens with zero attached hydrogens (tertiary/aromatic N) is 1. The number of benzene rings is 3. The van der Waals surface area contributed by atoms with Crippen molar-refractivity contribution in [2.24, 2.45) is 0 Å². The molecule has 0 saturated carbocycles. The Morgan fingerprint density at radius 1 is 0.925 bits per heavy atom. The van der Waals surface area contributed by atoms with Crippen LogP contribution in [0.25, 0.3) is 10.9 Å². The summed E-state index contributed by atoms with van der Waals surface area (Å²) in [6, 6.07) is 19.7. The second kappa shape index (κ2) is 12.1. The normalized spacial score (nSPS) is 11.3. The number of halogens is 2. The molecular weight excluding hydrogens is 551 g/mol. The molecule has 0 aliphatic heterocycles. The molecule has 40 heavy (non-hydrogen) atoms. The number of fused-ring (bicyclic) bond motifs is 1. The number of anilines is 1. The Bertz CT molecular complexity index is 1570. The Morgan fingerprint density at radius 3 is 2.23 bits per heavy atom. The van der Waals surface area contributed by atoms with Gasteiger partial charge in [0.25, 0.3) is 0 Å². The van der Waals surface area contributed by atoms with E-state index < -0.39 is 17.7 Å². The molecule has 7 nitrogen and oxygen atoms in total. The zero-order valence-corrected chi connectivity index (χ0v) is 24.2. The maximum absolute atomic E-state index is 13.4. The molecule has 4 rings (SSSR count). The average molecular weight is 581 g/mol. The Labute approximate surface area is 243 Å². The predicted octanol–water partition coefficient (Wildman–Crippen LogP) is 7.95. The van der Waals surface area contributed by atoms with Crippen molar-refractivity contribution in [3.63, 3.8) is 0 Å². The van der Waals surface area contributed by atoms with Crippen LogP contribution < -0.4 is 5.32 Å². The number of esters is 1. The summed E-state index contributed by atoms with van der Waals surface area (Å²) in [4.78, 5) is 39.6. The van der Waals surface area contributed by atoms with Crippen molar-refractivity contribution in [2.75, 3.05) is 11.9 Å². The lowest BCUT2D eigenvalue weighted by molar-refractivity contribution is 0.0455. The number of nitrogens with one attached hydrogen (secondary N) is 1. The second-order valence-electron chi connectivity index (χ2n) is 10.1. The molecule has 0 saturated heterocycles. The van der Waals surface area contributed by atoms with E-state index >= 15 is 0 Å². The van der Waals surface area contributed by atoms with E-state index in [-0.39, 0.29) is 41.1 Å². The zero-order chi connectivity index (χ0) is 29.0. The molecule has 1 N–H and O–H groups in total. The number of rotatable bonds is 8. The number of carbonyl (C=O) groups excluding carboxylic acids is 3. The maximum atomic E-state index is 13.4. The van der Waals surface area contributed by atoms with E-state index in [9.17, 15) is 14.4 Å². The molecule has 0 unspecified atom stereocenters. The summed E-state index contributed by atoms with van der Waals surface area (Å²) in [7, 11) is 0. The SMILES string of the molecule is CCOC(=O)c1c(NCc2ccccc2CC(=O)c2ccccc2)c2c(Cl)cc(Cl)cc2n1C(=O)OC(C)(C)C. The van der Waals surface area contributed by atoms with Gasteiger partial charge in [-0.25, -0.2) is 14.2 Å². The first-order chi connectivity index (χ1) is 19.0. The highest BCUT2D eigenvalue weighted by molar-refractivity contribution is 6.40. The van der Waals surface area contributed by atoms with E-state index in [1.165, 1.54) is 6.07 Å². The molecule has 0 bridgehead atoms. The van der Waals surface area contributed by atoms with Gasteiger partial charge < -0.3 is 14.8 Å². The van der Waals surface area contributed by atoms with Gasteiger partial charge in [-0.3, -0.25) is 4.79 Å². The molecule has 208 valence electrons. The summed E-state index contributed by atoms with van der Waals surface area (Å²) in [5, 5.41) is 4.24. The molecule has 0 aliphatic rings. The standard InChI is InChI=1S/C31H30Cl2N2O5/c1-5-39-29(37)28-27(26-23(33)16-22(32)17-24(26)35(28)30(38)40-31(2,3)4)34-18-21-14-10-9-13-20(21)15-25(36)19-11-7-6-8-12-19/h6-14,16-17,34H,5,15,18H2,1-4H3. The van der Waals surface area contributed by atoms with Gasteiger partial charge in [-0.1, -0.05) is 77.8 Å². The molecule has 1 heterocycles. The fourth-order valence-corrected chi connectivity index (χ4v) is 4.96. The molecule has 0 amide bonds. The van der Waals surface area contributed by atoms with E-state index in [4.69, 9.17) is 32.7 Å². The van der Waals surface area contributed by atoms with Crippen LogP contribution in [0.1, 0.15) is 59.7 Å². The van der Waals surface area contributed by atoms with Gasteiger partial charge in [-0.05, 0) is 51.0 Å². The van der Waals surface area contributed by atoms with Crippen molar-refractivity contribution in [1.82, 2.24) is 4.57 Å². The minimum atomic E-state index is -0.834. The summed E-state index contributed by atoms with van der Waals surface area (Å²) >= 11 is 12.9. The summed E-state index contributed by atoms with van der Waals surface area (Å²) in [5.74, 6) is -0.744. The molecule has 4 aromatic rings. The van der Waals surface area contributed by atoms with Gasteiger partial charge >= 0.3 is 12.1 Å². The first-order valence-corrected chi connectivity index (χ1v) is 13.6. The Hall–Kier alpha value is -3.81. The molecule has 0 spiro atoms. The maximum Gasteiger partial charge on any atom is 0.419 e. The number of aromatic nitrogens is 1. The lowest BCUT2D eigenvalue weighted by atomic mass is 9.98. The van der Waals surface area contributed by atoms with Crippen molar-refractivity contribution >= 4 is 57.6 Å². The number of hydrogen-bond acceptors (Lipinski definition) is 6. The quantitative estimate of drug-likeness (QED) is 0.168. The van der Waals surface area contributed by atoms with Crippen LogP contribution in [0.4, 0.5) is 10.5 Å². The van der Waals surface area contributed by atoms with Crippen molar-refractivity contribution in [1.29, 1.82) is 0 Å². The van der Waals surface area contributed by atoms with Crippen LogP contribution in [0, 0.1) is 0 Å². The van der Waals surface area contributed by atoms with Crippen LogP contribution in [0.15, 0.2) is 66.7 Å². The number of Topliss-reactive ketones (excluding diaryl/α,β-unsaturated/α-hetero) is 1. The summed E-state index contributed by atoms with van der Waals surface area (Å²) in [5.41, 5.74) is 1.98. The van der Waals surface area contributed by atoms with E-state index in [2.05, 4.69) is 5.32 Å². The molecule has 3 aromatic carbocycles. The van der Waals surface area contributed by atoms with Crippen LogP contribution in [0.3, 0.4) is 0 Å². The van der Waals surface area contributed by atoms with Gasteiger partial charge in [-0.15, -0.1) is 0 Å². The van der Waals surface area contributed by atoms with Crippen LogP contribution in [-0.2, 0) is 22.4 Å². The van der Waals surface area contributed by atoms with Crippen LogP contribution in [-0.4, -0.2) is 34.6 Å². The minimum Gasteiger partial charge on any atom is -0.461 e. The van der Waals surface area contributed by atoms with Crippen LogP contribution >= 0.6 is 23.2 Å². The number of hydrogen-bond donors (Lipinski definition) is 1. The number of ether oxygens (including phenoxy) is 2. The van der Waals surface area contributed by atoms with Gasteiger partial charge in [0.05, 0.1) is 22.8 Å². The van der Waals surface area contributed by atoms with Gasteiger partial charge in [0, 0.05) is 28.9 Å². The second-order valence-corrected chi connectivity index (χ2v) is 11.0. The fourth-order valence-electron chi connectivity index (χ4n) is 4.38. The molecule has 0 fully saturated rings. The van der Waals surface area contributed by atoms with Crippen molar-refractivity contribution < 1.29 is 23.9 Å². The van der Waals surface area contributed by atoms with Crippen molar-refractivity contribution in [3.05, 3.63) is 99.2 Å². The third-order valence-electron chi connectivity index (χ3n) is 6.05. The van der Waals surface area contributed by atoms with Crippen LogP contribution in [0.5, 0.6) is 0 Å². The fraction of sp³-hybridized carbons (Fsp3) is 0.258.